The zero-order valence-electron chi connectivity index (χ0n) is 13.8. The molecule has 6 nitrogen and oxygen atoms in total. The minimum absolute atomic E-state index is 0.0108. The third-order valence-corrected chi connectivity index (χ3v) is 4.00. The highest BCUT2D eigenvalue weighted by atomic mass is 16.1. The number of benzene rings is 1. The van der Waals surface area contributed by atoms with Crippen molar-refractivity contribution in [2.45, 2.75) is 26.4 Å². The molecule has 0 aliphatic carbocycles. The maximum absolute atomic E-state index is 12.5. The quantitative estimate of drug-likeness (QED) is 0.758. The first-order chi connectivity index (χ1) is 11.6. The van der Waals surface area contributed by atoms with Crippen molar-refractivity contribution in [3.63, 3.8) is 0 Å². The predicted molar refractivity (Wildman–Crippen MR) is 91.9 cm³/mol. The highest BCUT2D eigenvalue weighted by Gasteiger charge is 2.18. The zero-order chi connectivity index (χ0) is 16.9. The molecule has 0 radical (unpaired) electrons. The van der Waals surface area contributed by atoms with E-state index in [1.165, 1.54) is 6.33 Å². The van der Waals surface area contributed by atoms with Crippen LogP contribution in [0.25, 0.3) is 5.69 Å². The van der Waals surface area contributed by atoms with Crippen molar-refractivity contribution >= 4 is 5.91 Å². The second-order valence-electron chi connectivity index (χ2n) is 6.08. The molecule has 1 N–H and O–H groups in total. The Labute approximate surface area is 141 Å². The average Bonchev–Trinajstić information content (AvgIpc) is 3.28. The first kappa shape index (κ1) is 16.0. The van der Waals surface area contributed by atoms with E-state index >= 15 is 0 Å². The number of nitrogens with zero attached hydrogens (tertiary/aromatic N) is 4. The molecule has 0 bridgehead atoms. The molecule has 0 saturated carbocycles. The van der Waals surface area contributed by atoms with E-state index in [9.17, 15) is 4.79 Å². The second kappa shape index (κ2) is 7.12. The van der Waals surface area contributed by atoms with Gasteiger partial charge in [0.05, 0.1) is 12.6 Å². The second-order valence-corrected chi connectivity index (χ2v) is 6.08. The van der Waals surface area contributed by atoms with Gasteiger partial charge in [-0.2, -0.15) is 5.10 Å². The summed E-state index contributed by atoms with van der Waals surface area (Å²) in [6.45, 7) is 4.76. The zero-order valence-corrected chi connectivity index (χ0v) is 13.8. The molecule has 0 spiro atoms. The highest BCUT2D eigenvalue weighted by molar-refractivity contribution is 5.94. The molecular formula is C18H21N5O. The molecule has 6 heteroatoms. The lowest BCUT2D eigenvalue weighted by molar-refractivity contribution is 0.0919. The van der Waals surface area contributed by atoms with E-state index in [0.29, 0.717) is 12.1 Å². The number of carbonyl (C=O) groups excluding carboxylic acids is 1. The molecule has 2 heterocycles. The standard InChI is InChI=1S/C18H21N5O/c1-14(2)17(11-23-13-19-12-20-23)21-18(24)15-5-7-16(8-6-15)22-9-3-4-10-22/h3-10,12-14,17H,11H2,1-2H3,(H,21,24). The number of nitrogens with one attached hydrogen (secondary N) is 1. The monoisotopic (exact) mass is 323 g/mol. The van der Waals surface area contributed by atoms with Crippen LogP contribution in [0.1, 0.15) is 24.2 Å². The van der Waals surface area contributed by atoms with Crippen LogP contribution in [0.5, 0.6) is 0 Å². The van der Waals surface area contributed by atoms with Gasteiger partial charge in [-0.1, -0.05) is 13.8 Å². The lowest BCUT2D eigenvalue weighted by Gasteiger charge is -2.22. The Morgan fingerprint density at radius 3 is 2.46 bits per heavy atom. The van der Waals surface area contributed by atoms with Gasteiger partial charge in [0.1, 0.15) is 12.7 Å². The summed E-state index contributed by atoms with van der Waals surface area (Å²) in [4.78, 5) is 16.5. The van der Waals surface area contributed by atoms with Crippen molar-refractivity contribution in [3.8, 4) is 5.69 Å². The minimum atomic E-state index is -0.0760. The summed E-state index contributed by atoms with van der Waals surface area (Å²) >= 11 is 0. The third kappa shape index (κ3) is 3.71. The summed E-state index contributed by atoms with van der Waals surface area (Å²) in [5.41, 5.74) is 1.68. The lowest BCUT2D eigenvalue weighted by atomic mass is 10.0. The molecule has 1 amide bonds. The number of amides is 1. The number of hydrogen-bond donors (Lipinski definition) is 1. The predicted octanol–water partition coefficient (Wildman–Crippen LogP) is 2.52. The Balaban J connectivity index is 1.68. The van der Waals surface area contributed by atoms with E-state index in [0.717, 1.165) is 5.69 Å². The lowest BCUT2D eigenvalue weighted by Crippen LogP contribution is -2.41. The molecule has 1 atom stereocenters. The number of aromatic nitrogens is 4. The van der Waals surface area contributed by atoms with Crippen LogP contribution in [-0.4, -0.2) is 31.3 Å². The largest absolute Gasteiger partial charge is 0.347 e. The van der Waals surface area contributed by atoms with Crippen LogP contribution in [0.15, 0.2) is 61.4 Å². The summed E-state index contributed by atoms with van der Waals surface area (Å²) in [6.07, 6.45) is 7.11. The van der Waals surface area contributed by atoms with Crippen LogP contribution in [-0.2, 0) is 6.54 Å². The van der Waals surface area contributed by atoms with Crippen molar-refractivity contribution in [1.82, 2.24) is 24.6 Å². The maximum atomic E-state index is 12.5. The molecule has 3 aromatic rings. The molecule has 3 rings (SSSR count). The topological polar surface area (TPSA) is 64.7 Å². The number of carbonyl (C=O) groups is 1. The Morgan fingerprint density at radius 1 is 1.17 bits per heavy atom. The van der Waals surface area contributed by atoms with Gasteiger partial charge in [0.15, 0.2) is 0 Å². The van der Waals surface area contributed by atoms with Crippen LogP contribution < -0.4 is 5.32 Å². The van der Waals surface area contributed by atoms with Crippen molar-refractivity contribution < 1.29 is 4.79 Å². The maximum Gasteiger partial charge on any atom is 0.251 e. The number of hydrogen-bond acceptors (Lipinski definition) is 3. The minimum Gasteiger partial charge on any atom is -0.347 e. The van der Waals surface area contributed by atoms with Gasteiger partial charge in [-0.15, -0.1) is 0 Å². The van der Waals surface area contributed by atoms with Crippen LogP contribution >= 0.6 is 0 Å². The summed E-state index contributed by atoms with van der Waals surface area (Å²) in [7, 11) is 0. The fraction of sp³-hybridized carbons (Fsp3) is 0.278. The highest BCUT2D eigenvalue weighted by Crippen LogP contribution is 2.11. The molecule has 0 saturated heterocycles. The van der Waals surface area contributed by atoms with Gasteiger partial charge in [0, 0.05) is 23.6 Å². The van der Waals surface area contributed by atoms with E-state index in [1.807, 2.05) is 53.4 Å². The Morgan fingerprint density at radius 2 is 1.88 bits per heavy atom. The van der Waals surface area contributed by atoms with Crippen molar-refractivity contribution in [2.24, 2.45) is 5.92 Å². The molecule has 1 aromatic carbocycles. The first-order valence-corrected chi connectivity index (χ1v) is 8.00. The Bertz CT molecular complexity index is 760. The number of rotatable bonds is 6. The van der Waals surface area contributed by atoms with Crippen molar-refractivity contribution in [1.29, 1.82) is 0 Å². The summed E-state index contributed by atoms with van der Waals surface area (Å²) in [5, 5.41) is 7.20. The Kier molecular flexibility index (Phi) is 4.74. The van der Waals surface area contributed by atoms with Crippen LogP contribution in [0, 0.1) is 5.92 Å². The summed E-state index contributed by atoms with van der Waals surface area (Å²) in [6, 6.07) is 11.5. The van der Waals surface area contributed by atoms with E-state index in [1.54, 1.807) is 11.0 Å². The van der Waals surface area contributed by atoms with Crippen molar-refractivity contribution in [3.05, 3.63) is 67.0 Å². The van der Waals surface area contributed by atoms with Gasteiger partial charge in [-0.25, -0.2) is 4.98 Å². The molecule has 0 aliphatic heterocycles. The van der Waals surface area contributed by atoms with E-state index in [4.69, 9.17) is 0 Å². The fourth-order valence-electron chi connectivity index (χ4n) is 2.49. The molecule has 2 aromatic heterocycles. The van der Waals surface area contributed by atoms with Crippen LogP contribution in [0.4, 0.5) is 0 Å². The van der Waals surface area contributed by atoms with Gasteiger partial charge >= 0.3 is 0 Å². The molecule has 124 valence electrons. The average molecular weight is 323 g/mol. The van der Waals surface area contributed by atoms with Crippen LogP contribution in [0.3, 0.4) is 0 Å². The fourth-order valence-corrected chi connectivity index (χ4v) is 2.49. The van der Waals surface area contributed by atoms with Gasteiger partial charge in [-0.3, -0.25) is 9.48 Å². The summed E-state index contributed by atoms with van der Waals surface area (Å²) in [5.74, 6) is 0.213. The molecule has 24 heavy (non-hydrogen) atoms. The molecule has 0 fully saturated rings. The normalized spacial score (nSPS) is 12.3. The molecular weight excluding hydrogens is 302 g/mol. The van der Waals surface area contributed by atoms with E-state index < -0.39 is 0 Å². The van der Waals surface area contributed by atoms with Gasteiger partial charge in [-0.05, 0) is 42.3 Å². The van der Waals surface area contributed by atoms with Gasteiger partial charge in [0.2, 0.25) is 0 Å². The molecule has 0 aliphatic rings. The van der Waals surface area contributed by atoms with Gasteiger partial charge in [0.25, 0.3) is 5.91 Å². The summed E-state index contributed by atoms with van der Waals surface area (Å²) < 4.78 is 3.74. The third-order valence-electron chi connectivity index (χ3n) is 4.00. The van der Waals surface area contributed by atoms with E-state index in [2.05, 4.69) is 29.2 Å². The van der Waals surface area contributed by atoms with Gasteiger partial charge < -0.3 is 9.88 Å². The Hall–Kier alpha value is -2.89. The smallest absolute Gasteiger partial charge is 0.251 e. The first-order valence-electron chi connectivity index (χ1n) is 8.00. The SMILES string of the molecule is CC(C)C(Cn1cncn1)NC(=O)c1ccc(-n2cccc2)cc1. The molecule has 1 unspecified atom stereocenters. The van der Waals surface area contributed by atoms with Crippen LogP contribution in [0.2, 0.25) is 0 Å². The van der Waals surface area contributed by atoms with E-state index in [-0.39, 0.29) is 17.9 Å². The van der Waals surface area contributed by atoms with Crippen molar-refractivity contribution in [2.75, 3.05) is 0 Å².